The first-order valence-electron chi connectivity index (χ1n) is 13.2. The highest BCUT2D eigenvalue weighted by atomic mass is 32.3. The van der Waals surface area contributed by atoms with E-state index in [4.69, 9.17) is 8.92 Å². The van der Waals surface area contributed by atoms with Crippen LogP contribution in [0.5, 0.6) is 0 Å². The van der Waals surface area contributed by atoms with Gasteiger partial charge in [0.25, 0.3) is 0 Å². The average molecular weight is 527 g/mol. The molecular formula is C26H38O9S-2. The highest BCUT2D eigenvalue weighted by Crippen LogP contribution is 2.68. The van der Waals surface area contributed by atoms with E-state index < -0.39 is 34.0 Å². The van der Waals surface area contributed by atoms with Crippen LogP contribution in [0.1, 0.15) is 85.5 Å². The van der Waals surface area contributed by atoms with Crippen LogP contribution in [-0.4, -0.2) is 42.9 Å². The molecule has 204 valence electrons. The van der Waals surface area contributed by atoms with Gasteiger partial charge in [-0.2, -0.15) is 0 Å². The number of carboxylic acid groups (broad SMARTS) is 1. The molecule has 0 spiro atoms. The number of ether oxygens (including phenoxy) is 1. The molecule has 0 radical (unpaired) electrons. The largest absolute Gasteiger partial charge is 0.726 e. The maximum Gasteiger partial charge on any atom is 0.302 e. The predicted molar refractivity (Wildman–Crippen MR) is 125 cm³/mol. The lowest BCUT2D eigenvalue weighted by atomic mass is 9.43. The van der Waals surface area contributed by atoms with Crippen LogP contribution in [0.15, 0.2) is 0 Å². The second kappa shape index (κ2) is 9.66. The number of Topliss-reactive ketones (excluding diaryl/α,β-unsaturated/α-hetero) is 1. The molecule has 0 aromatic carbocycles. The summed E-state index contributed by atoms with van der Waals surface area (Å²) < 4.78 is 44.3. The number of carbonyl (C=O) groups is 3. The molecule has 4 rings (SSSR count). The molecule has 0 aromatic heterocycles. The highest BCUT2D eigenvalue weighted by Gasteiger charge is 2.67. The summed E-state index contributed by atoms with van der Waals surface area (Å²) in [5.41, 5.74) is -0.697. The number of aliphatic carboxylic acids is 1. The van der Waals surface area contributed by atoms with E-state index in [2.05, 4.69) is 13.8 Å². The number of carboxylic acids is 1. The first kappa shape index (κ1) is 27.5. The summed E-state index contributed by atoms with van der Waals surface area (Å²) in [5, 5.41) is 11.1. The van der Waals surface area contributed by atoms with Gasteiger partial charge in [0.2, 0.25) is 10.4 Å². The van der Waals surface area contributed by atoms with E-state index >= 15 is 0 Å². The van der Waals surface area contributed by atoms with Crippen LogP contribution >= 0.6 is 0 Å². The van der Waals surface area contributed by atoms with Crippen LogP contribution in [0.25, 0.3) is 0 Å². The fourth-order valence-corrected chi connectivity index (χ4v) is 9.49. The molecule has 4 saturated carbocycles. The Labute approximate surface area is 213 Å². The van der Waals surface area contributed by atoms with Gasteiger partial charge in [0.05, 0.1) is 6.10 Å². The second-order valence-corrected chi connectivity index (χ2v) is 13.3. The fourth-order valence-electron chi connectivity index (χ4n) is 8.98. The summed E-state index contributed by atoms with van der Waals surface area (Å²) in [7, 11) is -4.82. The van der Waals surface area contributed by atoms with Gasteiger partial charge in [-0.15, -0.1) is 0 Å². The lowest BCUT2D eigenvalue weighted by molar-refractivity contribution is -0.306. The monoisotopic (exact) mass is 526 g/mol. The lowest BCUT2D eigenvalue weighted by Gasteiger charge is -2.62. The van der Waals surface area contributed by atoms with Crippen LogP contribution in [0.2, 0.25) is 0 Å². The smallest absolute Gasteiger partial charge is 0.302 e. The lowest BCUT2D eigenvalue weighted by Crippen LogP contribution is -2.62. The maximum absolute atomic E-state index is 13.7. The Kier molecular flexibility index (Phi) is 7.38. The Morgan fingerprint density at radius 2 is 1.83 bits per heavy atom. The molecule has 10 atom stereocenters. The Balaban J connectivity index is 1.65. The Morgan fingerprint density at radius 3 is 2.44 bits per heavy atom. The molecule has 36 heavy (non-hydrogen) atoms. The van der Waals surface area contributed by atoms with Crippen molar-refractivity contribution in [1.29, 1.82) is 0 Å². The third-order valence-electron chi connectivity index (χ3n) is 10.6. The first-order chi connectivity index (χ1) is 16.7. The maximum atomic E-state index is 13.7. The van der Waals surface area contributed by atoms with Crippen molar-refractivity contribution in [3.8, 4) is 0 Å². The number of rotatable bonds is 7. The molecular weight excluding hydrogens is 488 g/mol. The number of fused-ring (bicyclic) bond motifs is 5. The van der Waals surface area contributed by atoms with Gasteiger partial charge in [0.1, 0.15) is 11.9 Å². The standard InChI is InChI=1S/C26H40O9S/c1-14(5-8-23(29)30)18-6-7-19-24-20(13-22(26(18,19)4)34-15(2)27)25(3)10-9-17(35-36(31,32)33)11-16(25)12-21(24)28/h14,16-20,22,24H,5-13H2,1-4H3,(H,29,30)(H,31,32,33)/p-2/t14-,16+,17-,18-,19+,20+,22+,24+,25+,26-/m1/s1. The fraction of sp³-hybridized carbons (Fsp3) is 0.885. The average Bonchev–Trinajstić information content (AvgIpc) is 3.10. The Bertz CT molecular complexity index is 1010. The molecule has 0 saturated heterocycles. The minimum Gasteiger partial charge on any atom is -0.726 e. The van der Waals surface area contributed by atoms with Crippen LogP contribution in [-0.2, 0) is 33.7 Å². The van der Waals surface area contributed by atoms with Gasteiger partial charge in [0.15, 0.2) is 0 Å². The van der Waals surface area contributed by atoms with E-state index in [0.717, 1.165) is 12.8 Å². The van der Waals surface area contributed by atoms with E-state index in [0.29, 0.717) is 38.5 Å². The molecule has 10 heteroatoms. The predicted octanol–water partition coefficient (Wildman–Crippen LogP) is 2.38. The van der Waals surface area contributed by atoms with Crippen LogP contribution in [0.3, 0.4) is 0 Å². The zero-order valence-electron chi connectivity index (χ0n) is 21.6. The zero-order chi connectivity index (χ0) is 26.6. The number of carbonyl (C=O) groups excluding carboxylic acids is 3. The molecule has 0 amide bonds. The summed E-state index contributed by atoms with van der Waals surface area (Å²) in [4.78, 5) is 37.0. The molecule has 4 aliphatic rings. The van der Waals surface area contributed by atoms with Crippen molar-refractivity contribution >= 4 is 28.1 Å². The summed E-state index contributed by atoms with van der Waals surface area (Å²) in [5.74, 6) is -1.36. The Morgan fingerprint density at radius 1 is 1.14 bits per heavy atom. The molecule has 0 bridgehead atoms. The quantitative estimate of drug-likeness (QED) is 0.277. The van der Waals surface area contributed by atoms with Crippen molar-refractivity contribution in [3.05, 3.63) is 0 Å². The SMILES string of the molecule is CC(=O)O[C@H]1C[C@H]2[C@@H](C(=O)C[C@@H]3C[C@H](OS(=O)(=O)[O-])CC[C@@]32C)[C@@H]2CC[C@H]([C@H](C)CCC(=O)[O-])[C@@]12C. The van der Waals surface area contributed by atoms with Crippen molar-refractivity contribution in [2.45, 2.75) is 97.7 Å². The summed E-state index contributed by atoms with van der Waals surface area (Å²) >= 11 is 0. The van der Waals surface area contributed by atoms with E-state index in [1.807, 2.05) is 6.92 Å². The molecule has 0 N–H and O–H groups in total. The van der Waals surface area contributed by atoms with E-state index in [9.17, 15) is 32.5 Å². The molecule has 0 aliphatic heterocycles. The number of esters is 1. The molecule has 4 aliphatic carbocycles. The first-order valence-corrected chi connectivity index (χ1v) is 14.5. The molecule has 0 aromatic rings. The van der Waals surface area contributed by atoms with Gasteiger partial charge in [-0.25, -0.2) is 8.42 Å². The number of ketones is 1. The molecule has 4 fully saturated rings. The zero-order valence-corrected chi connectivity index (χ0v) is 22.4. The van der Waals surface area contributed by atoms with E-state index in [1.54, 1.807) is 0 Å². The summed E-state index contributed by atoms with van der Waals surface area (Å²) in [6.07, 6.45) is 3.30. The minimum atomic E-state index is -4.82. The van der Waals surface area contributed by atoms with Gasteiger partial charge >= 0.3 is 5.97 Å². The van der Waals surface area contributed by atoms with Gasteiger partial charge in [-0.1, -0.05) is 20.8 Å². The van der Waals surface area contributed by atoms with Gasteiger partial charge in [-0.3, -0.25) is 13.8 Å². The molecule has 0 unspecified atom stereocenters. The van der Waals surface area contributed by atoms with Crippen molar-refractivity contribution in [2.75, 3.05) is 0 Å². The van der Waals surface area contributed by atoms with Crippen LogP contribution in [0.4, 0.5) is 0 Å². The third-order valence-corrected chi connectivity index (χ3v) is 11.1. The van der Waals surface area contributed by atoms with E-state index in [1.165, 1.54) is 6.92 Å². The second-order valence-electron chi connectivity index (χ2n) is 12.3. The summed E-state index contributed by atoms with van der Waals surface area (Å²) in [6, 6.07) is 0. The minimum absolute atomic E-state index is 0.0201. The normalized spacial score (nSPS) is 43.1. The Hall–Kier alpha value is -1.52. The topological polar surface area (TPSA) is 150 Å². The van der Waals surface area contributed by atoms with Gasteiger partial charge in [-0.05, 0) is 86.4 Å². The van der Waals surface area contributed by atoms with Crippen molar-refractivity contribution < 1.29 is 41.4 Å². The third kappa shape index (κ3) is 4.85. The van der Waals surface area contributed by atoms with Gasteiger partial charge in [0, 0.05) is 30.6 Å². The summed E-state index contributed by atoms with van der Waals surface area (Å²) in [6.45, 7) is 7.73. The number of hydrogen-bond acceptors (Lipinski definition) is 9. The molecule has 0 heterocycles. The van der Waals surface area contributed by atoms with Gasteiger partial charge < -0.3 is 19.2 Å². The van der Waals surface area contributed by atoms with Crippen LogP contribution in [0, 0.1) is 46.3 Å². The highest BCUT2D eigenvalue weighted by molar-refractivity contribution is 7.80. The van der Waals surface area contributed by atoms with Crippen molar-refractivity contribution in [1.82, 2.24) is 0 Å². The van der Waals surface area contributed by atoms with Crippen LogP contribution < -0.4 is 5.11 Å². The molecule has 9 nitrogen and oxygen atoms in total. The number of hydrogen-bond donors (Lipinski definition) is 0. The van der Waals surface area contributed by atoms with Crippen molar-refractivity contribution in [2.24, 2.45) is 46.3 Å². The van der Waals surface area contributed by atoms with E-state index in [-0.39, 0.29) is 59.1 Å². The van der Waals surface area contributed by atoms with Crippen molar-refractivity contribution in [3.63, 3.8) is 0 Å².